The van der Waals surface area contributed by atoms with E-state index in [1.165, 1.54) is 11.3 Å². The predicted molar refractivity (Wildman–Crippen MR) is 43.0 cm³/mol. The van der Waals surface area contributed by atoms with Crippen LogP contribution in [0.4, 0.5) is 0 Å². The molecule has 4 heteroatoms. The molecule has 0 saturated carbocycles. The molecule has 1 N–H and O–H groups in total. The molecule has 0 amide bonds. The van der Waals surface area contributed by atoms with E-state index in [-0.39, 0.29) is 0 Å². The summed E-state index contributed by atoms with van der Waals surface area (Å²) >= 11 is 1.54. The molecule has 3 nitrogen and oxygen atoms in total. The van der Waals surface area contributed by atoms with Gasteiger partial charge < -0.3 is 4.98 Å². The highest BCUT2D eigenvalue weighted by atomic mass is 32.1. The van der Waals surface area contributed by atoms with Gasteiger partial charge in [0.05, 0.1) is 0 Å². The van der Waals surface area contributed by atoms with Crippen LogP contribution in [0.1, 0.15) is 13.8 Å². The molecule has 1 aromatic rings. The van der Waals surface area contributed by atoms with E-state index < -0.39 is 0 Å². The van der Waals surface area contributed by atoms with Crippen molar-refractivity contribution >= 4 is 17.0 Å². The molecule has 0 saturated heterocycles. The molecule has 54 valence electrons. The second kappa shape index (κ2) is 3.31. The van der Waals surface area contributed by atoms with Crippen molar-refractivity contribution in [2.75, 3.05) is 0 Å². The molecular weight excluding hydrogens is 146 g/mol. The predicted octanol–water partition coefficient (Wildman–Crippen LogP) is 1.37. The first kappa shape index (κ1) is 7.21. The summed E-state index contributed by atoms with van der Waals surface area (Å²) in [6, 6.07) is 0. The fourth-order valence-corrected chi connectivity index (χ4v) is 0.925. The maximum Gasteiger partial charge on any atom is 0.207 e. The Morgan fingerprint density at radius 3 is 2.90 bits per heavy atom. The molecule has 1 rings (SSSR count). The summed E-state index contributed by atoms with van der Waals surface area (Å²) in [6.45, 7) is 3.83. The van der Waals surface area contributed by atoms with Crippen molar-refractivity contribution in [2.24, 2.45) is 10.2 Å². The number of rotatable bonds is 1. The van der Waals surface area contributed by atoms with E-state index in [0.717, 1.165) is 10.5 Å². The zero-order valence-electron chi connectivity index (χ0n) is 5.96. The highest BCUT2D eigenvalue weighted by Gasteiger charge is 1.77. The number of aromatic amines is 1. The largest absolute Gasteiger partial charge is 0.336 e. The van der Waals surface area contributed by atoms with Gasteiger partial charge in [0.2, 0.25) is 4.80 Å². The number of thiazole rings is 1. The van der Waals surface area contributed by atoms with Crippen molar-refractivity contribution < 1.29 is 0 Å². The van der Waals surface area contributed by atoms with Gasteiger partial charge in [0.15, 0.2) is 0 Å². The van der Waals surface area contributed by atoms with Gasteiger partial charge in [0, 0.05) is 17.3 Å². The Kier molecular flexibility index (Phi) is 2.39. The molecule has 0 radical (unpaired) electrons. The van der Waals surface area contributed by atoms with Gasteiger partial charge in [0.25, 0.3) is 0 Å². The highest BCUT2D eigenvalue weighted by Crippen LogP contribution is 1.82. The molecule has 0 aliphatic heterocycles. The molecule has 0 aliphatic rings. The van der Waals surface area contributed by atoms with Crippen LogP contribution in [0.3, 0.4) is 0 Å². The van der Waals surface area contributed by atoms with Crippen molar-refractivity contribution in [1.29, 1.82) is 0 Å². The second-order valence-corrected chi connectivity index (χ2v) is 2.91. The minimum atomic E-state index is 0.834. The van der Waals surface area contributed by atoms with E-state index in [4.69, 9.17) is 0 Å². The standard InChI is InChI=1S/C6H9N3S/c1-5(2)8-9-6-7-3-4-10-6/h3-4H,1-2H3,(H,7,9). The fourth-order valence-electron chi connectivity index (χ4n) is 0.436. The van der Waals surface area contributed by atoms with E-state index >= 15 is 0 Å². The minimum absolute atomic E-state index is 0.834. The number of H-pyrrole nitrogens is 1. The Morgan fingerprint density at radius 2 is 2.40 bits per heavy atom. The molecule has 0 aliphatic carbocycles. The van der Waals surface area contributed by atoms with Gasteiger partial charge in [0.1, 0.15) is 0 Å². The van der Waals surface area contributed by atoms with Crippen molar-refractivity contribution in [3.8, 4) is 0 Å². The minimum Gasteiger partial charge on any atom is -0.336 e. The van der Waals surface area contributed by atoms with Crippen LogP contribution in [0.15, 0.2) is 21.8 Å². The average Bonchev–Trinajstić information content (AvgIpc) is 2.34. The highest BCUT2D eigenvalue weighted by molar-refractivity contribution is 7.07. The van der Waals surface area contributed by atoms with E-state index in [1.54, 1.807) is 0 Å². The lowest BCUT2D eigenvalue weighted by atomic mass is 10.5. The summed E-state index contributed by atoms with van der Waals surface area (Å²) < 4.78 is 0. The van der Waals surface area contributed by atoms with Crippen molar-refractivity contribution in [3.63, 3.8) is 0 Å². The molecule has 1 aromatic heterocycles. The Morgan fingerprint density at radius 1 is 1.60 bits per heavy atom. The lowest BCUT2D eigenvalue weighted by Gasteiger charge is -1.78. The topological polar surface area (TPSA) is 40.5 Å². The molecule has 0 bridgehead atoms. The van der Waals surface area contributed by atoms with E-state index in [0.29, 0.717) is 0 Å². The molecule has 10 heavy (non-hydrogen) atoms. The lowest BCUT2D eigenvalue weighted by molar-refractivity contribution is 1.09. The molecule has 1 heterocycles. The van der Waals surface area contributed by atoms with Gasteiger partial charge in [-0.25, -0.2) is 0 Å². The molecule has 0 fully saturated rings. The van der Waals surface area contributed by atoms with Gasteiger partial charge in [-0.3, -0.25) is 0 Å². The van der Waals surface area contributed by atoms with Gasteiger partial charge in [-0.15, -0.1) is 16.4 Å². The van der Waals surface area contributed by atoms with Gasteiger partial charge in [-0.2, -0.15) is 5.10 Å². The van der Waals surface area contributed by atoms with Gasteiger partial charge in [-0.1, -0.05) is 0 Å². The first-order chi connectivity index (χ1) is 4.79. The van der Waals surface area contributed by atoms with Crippen molar-refractivity contribution in [2.45, 2.75) is 13.8 Å². The van der Waals surface area contributed by atoms with Gasteiger partial charge >= 0.3 is 0 Å². The summed E-state index contributed by atoms with van der Waals surface area (Å²) in [7, 11) is 0. The van der Waals surface area contributed by atoms with Crippen LogP contribution in [-0.2, 0) is 0 Å². The average molecular weight is 155 g/mol. The number of hydrogen-bond donors (Lipinski definition) is 1. The zero-order valence-corrected chi connectivity index (χ0v) is 6.77. The third kappa shape index (κ3) is 2.14. The fraction of sp³-hybridized carbons (Fsp3) is 0.333. The lowest BCUT2D eigenvalue weighted by Crippen LogP contribution is -1.94. The van der Waals surface area contributed by atoms with Crippen LogP contribution >= 0.6 is 11.3 Å². The Balaban J connectivity index is 2.86. The van der Waals surface area contributed by atoms with Crippen LogP contribution in [0.5, 0.6) is 0 Å². The first-order valence-electron chi connectivity index (χ1n) is 2.96. The number of nitrogens with one attached hydrogen (secondary N) is 1. The summed E-state index contributed by atoms with van der Waals surface area (Å²) in [4.78, 5) is 3.77. The zero-order chi connectivity index (χ0) is 7.40. The molecule has 0 spiro atoms. The molecule has 0 atom stereocenters. The summed E-state index contributed by atoms with van der Waals surface area (Å²) in [5.41, 5.74) is 0.960. The third-order valence-electron chi connectivity index (χ3n) is 0.795. The van der Waals surface area contributed by atoms with Crippen molar-refractivity contribution in [3.05, 3.63) is 16.4 Å². The van der Waals surface area contributed by atoms with E-state index in [1.807, 2.05) is 25.4 Å². The van der Waals surface area contributed by atoms with Gasteiger partial charge in [-0.05, 0) is 13.8 Å². The quantitative estimate of drug-likeness (QED) is 0.470. The van der Waals surface area contributed by atoms with E-state index in [9.17, 15) is 0 Å². The van der Waals surface area contributed by atoms with Crippen LogP contribution in [0.25, 0.3) is 0 Å². The summed E-state index contributed by atoms with van der Waals surface area (Å²) in [6.07, 6.45) is 1.84. The first-order valence-corrected chi connectivity index (χ1v) is 3.84. The smallest absolute Gasteiger partial charge is 0.207 e. The van der Waals surface area contributed by atoms with Crippen LogP contribution < -0.4 is 4.80 Å². The third-order valence-corrected chi connectivity index (χ3v) is 1.49. The number of hydrogen-bond acceptors (Lipinski definition) is 3. The Bertz CT molecular complexity index is 260. The molecular formula is C6H9N3S. The van der Waals surface area contributed by atoms with E-state index in [2.05, 4.69) is 15.2 Å². The SMILES string of the molecule is CC(C)=NN=c1[nH]ccs1. The normalized spacial score (nSPS) is 11.6. The maximum absolute atomic E-state index is 3.92. The number of nitrogens with zero attached hydrogens (tertiary/aromatic N) is 2. The maximum atomic E-state index is 3.92. The Labute approximate surface area is 63.1 Å². The molecule has 0 unspecified atom stereocenters. The Hall–Kier alpha value is -0.900. The summed E-state index contributed by atoms with van der Waals surface area (Å²) in [5, 5.41) is 9.73. The van der Waals surface area contributed by atoms with Crippen LogP contribution in [-0.4, -0.2) is 10.7 Å². The summed E-state index contributed by atoms with van der Waals surface area (Å²) in [5.74, 6) is 0. The number of aromatic nitrogens is 1. The van der Waals surface area contributed by atoms with Crippen LogP contribution in [0, 0.1) is 0 Å². The molecule has 0 aromatic carbocycles. The van der Waals surface area contributed by atoms with Crippen molar-refractivity contribution in [1.82, 2.24) is 4.98 Å². The van der Waals surface area contributed by atoms with Crippen LogP contribution in [0.2, 0.25) is 0 Å². The second-order valence-electron chi connectivity index (χ2n) is 2.02. The monoisotopic (exact) mass is 155 g/mol.